The number of likely N-dealkylation sites (N-methyl/N-ethyl adjacent to an activating group) is 1. The molecule has 0 aliphatic carbocycles. The normalized spacial score (nSPS) is 17.1. The summed E-state index contributed by atoms with van der Waals surface area (Å²) in [5.41, 5.74) is 4.03. The molecule has 1 aromatic rings. The molecule has 0 spiro atoms. The molecular weight excluding hydrogens is 214 g/mol. The van der Waals surface area contributed by atoms with Crippen molar-refractivity contribution >= 4 is 0 Å². The van der Waals surface area contributed by atoms with Gasteiger partial charge in [-0.05, 0) is 33.5 Å². The predicted molar refractivity (Wildman–Crippen MR) is 70.4 cm³/mol. The molecule has 0 saturated carbocycles. The van der Waals surface area contributed by atoms with Gasteiger partial charge in [-0.3, -0.25) is 16.0 Å². The SMILES string of the molecule is CCC(C)(C(Cc1ccn(C)n1)NN)N(C)C. The summed E-state index contributed by atoms with van der Waals surface area (Å²) >= 11 is 0. The molecule has 1 rings (SSSR count). The van der Waals surface area contributed by atoms with E-state index in [0.717, 1.165) is 18.5 Å². The number of hydrogen-bond acceptors (Lipinski definition) is 4. The fraction of sp³-hybridized carbons (Fsp3) is 0.750. The van der Waals surface area contributed by atoms with Gasteiger partial charge in [0.15, 0.2) is 0 Å². The van der Waals surface area contributed by atoms with Gasteiger partial charge in [-0.2, -0.15) is 5.10 Å². The number of rotatable bonds is 6. The van der Waals surface area contributed by atoms with Gasteiger partial charge in [0.25, 0.3) is 0 Å². The number of nitrogens with zero attached hydrogens (tertiary/aromatic N) is 3. The van der Waals surface area contributed by atoms with Gasteiger partial charge in [-0.1, -0.05) is 6.92 Å². The topological polar surface area (TPSA) is 59.1 Å². The number of hydrogen-bond donors (Lipinski definition) is 2. The molecule has 0 fully saturated rings. The highest BCUT2D eigenvalue weighted by molar-refractivity contribution is 5.06. The van der Waals surface area contributed by atoms with E-state index in [0.29, 0.717) is 0 Å². The van der Waals surface area contributed by atoms with Crippen molar-refractivity contribution in [3.05, 3.63) is 18.0 Å². The second kappa shape index (κ2) is 5.62. The summed E-state index contributed by atoms with van der Waals surface area (Å²) in [6.07, 6.45) is 3.82. The molecule has 0 amide bonds. The summed E-state index contributed by atoms with van der Waals surface area (Å²) in [6, 6.07) is 2.22. The van der Waals surface area contributed by atoms with E-state index in [1.807, 2.05) is 24.0 Å². The van der Waals surface area contributed by atoms with Crippen LogP contribution in [0.5, 0.6) is 0 Å². The Bertz CT molecular complexity index is 346. The molecule has 1 aromatic heterocycles. The standard InChI is InChI=1S/C12H25N5/c1-6-12(2,16(3)4)11(14-13)9-10-7-8-17(5)15-10/h7-8,11,14H,6,9,13H2,1-5H3. The van der Waals surface area contributed by atoms with E-state index in [2.05, 4.69) is 43.4 Å². The number of hydrazine groups is 1. The van der Waals surface area contributed by atoms with Crippen LogP contribution in [0.15, 0.2) is 12.3 Å². The first kappa shape index (κ1) is 14.2. The van der Waals surface area contributed by atoms with Crippen molar-refractivity contribution in [2.45, 2.75) is 38.3 Å². The average Bonchev–Trinajstić information content (AvgIpc) is 2.70. The summed E-state index contributed by atoms with van der Waals surface area (Å²) in [6.45, 7) is 4.41. The molecule has 98 valence electrons. The second-order valence-electron chi connectivity index (χ2n) is 5.01. The highest BCUT2D eigenvalue weighted by Gasteiger charge is 2.34. The third-order valence-corrected chi connectivity index (χ3v) is 3.87. The Kier molecular flexibility index (Phi) is 4.68. The van der Waals surface area contributed by atoms with Gasteiger partial charge in [0.2, 0.25) is 0 Å². The lowest BCUT2D eigenvalue weighted by Crippen LogP contribution is -2.59. The predicted octanol–water partition coefficient (Wildman–Crippen LogP) is 0.525. The zero-order valence-corrected chi connectivity index (χ0v) is 11.6. The largest absolute Gasteiger partial charge is 0.302 e. The lowest BCUT2D eigenvalue weighted by molar-refractivity contribution is 0.112. The van der Waals surface area contributed by atoms with Crippen molar-refractivity contribution in [1.82, 2.24) is 20.1 Å². The van der Waals surface area contributed by atoms with Crippen LogP contribution in [0.25, 0.3) is 0 Å². The minimum atomic E-state index is 0.0201. The Morgan fingerprint density at radius 3 is 2.59 bits per heavy atom. The van der Waals surface area contributed by atoms with Crippen molar-refractivity contribution in [3.8, 4) is 0 Å². The molecular formula is C12H25N5. The lowest BCUT2D eigenvalue weighted by atomic mass is 9.85. The number of nitrogens with two attached hydrogens (primary N) is 1. The van der Waals surface area contributed by atoms with Crippen LogP contribution < -0.4 is 11.3 Å². The maximum atomic E-state index is 5.72. The molecule has 2 unspecified atom stereocenters. The van der Waals surface area contributed by atoms with Crippen LogP contribution in [-0.4, -0.2) is 40.4 Å². The number of nitrogens with one attached hydrogen (secondary N) is 1. The third kappa shape index (κ3) is 3.06. The molecule has 0 radical (unpaired) electrons. The summed E-state index contributed by atoms with van der Waals surface area (Å²) in [4.78, 5) is 2.22. The Morgan fingerprint density at radius 2 is 2.24 bits per heavy atom. The van der Waals surface area contributed by atoms with E-state index in [9.17, 15) is 0 Å². The molecule has 1 heterocycles. The molecule has 17 heavy (non-hydrogen) atoms. The van der Waals surface area contributed by atoms with E-state index < -0.39 is 0 Å². The van der Waals surface area contributed by atoms with Gasteiger partial charge in [0.05, 0.1) is 5.69 Å². The highest BCUT2D eigenvalue weighted by Crippen LogP contribution is 2.22. The smallest absolute Gasteiger partial charge is 0.0641 e. The monoisotopic (exact) mass is 239 g/mol. The molecule has 0 aliphatic rings. The number of aromatic nitrogens is 2. The molecule has 3 N–H and O–H groups in total. The van der Waals surface area contributed by atoms with Crippen molar-refractivity contribution in [2.75, 3.05) is 14.1 Å². The van der Waals surface area contributed by atoms with Crippen molar-refractivity contribution in [2.24, 2.45) is 12.9 Å². The maximum Gasteiger partial charge on any atom is 0.0641 e. The quantitative estimate of drug-likeness (QED) is 0.561. The zero-order valence-electron chi connectivity index (χ0n) is 11.6. The zero-order chi connectivity index (χ0) is 13.1. The van der Waals surface area contributed by atoms with Crippen LogP contribution in [-0.2, 0) is 13.5 Å². The van der Waals surface area contributed by atoms with Crippen molar-refractivity contribution < 1.29 is 0 Å². The Hall–Kier alpha value is -0.910. The van der Waals surface area contributed by atoms with E-state index in [4.69, 9.17) is 5.84 Å². The van der Waals surface area contributed by atoms with Crippen molar-refractivity contribution in [1.29, 1.82) is 0 Å². The average molecular weight is 239 g/mol. The molecule has 0 aromatic carbocycles. The van der Waals surface area contributed by atoms with Crippen LogP contribution in [0.3, 0.4) is 0 Å². The van der Waals surface area contributed by atoms with Gasteiger partial charge >= 0.3 is 0 Å². The first-order valence-corrected chi connectivity index (χ1v) is 6.06. The second-order valence-corrected chi connectivity index (χ2v) is 5.01. The van der Waals surface area contributed by atoms with Crippen molar-refractivity contribution in [3.63, 3.8) is 0 Å². The fourth-order valence-corrected chi connectivity index (χ4v) is 2.11. The van der Waals surface area contributed by atoms with E-state index in [1.165, 1.54) is 0 Å². The summed E-state index contributed by atoms with van der Waals surface area (Å²) < 4.78 is 1.82. The van der Waals surface area contributed by atoms with Crippen LogP contribution in [0.2, 0.25) is 0 Å². The van der Waals surface area contributed by atoms with E-state index in [1.54, 1.807) is 0 Å². The minimum absolute atomic E-state index is 0.0201. The van der Waals surface area contributed by atoms with Crippen LogP contribution in [0.1, 0.15) is 26.0 Å². The van der Waals surface area contributed by atoms with Crippen LogP contribution in [0.4, 0.5) is 0 Å². The van der Waals surface area contributed by atoms with Gasteiger partial charge in [0.1, 0.15) is 0 Å². The van der Waals surface area contributed by atoms with Crippen LogP contribution in [0, 0.1) is 0 Å². The Balaban J connectivity index is 2.83. The van der Waals surface area contributed by atoms with Gasteiger partial charge < -0.3 is 4.90 Å². The fourth-order valence-electron chi connectivity index (χ4n) is 2.11. The highest BCUT2D eigenvalue weighted by atomic mass is 15.3. The number of aryl methyl sites for hydroxylation is 1. The lowest BCUT2D eigenvalue weighted by Gasteiger charge is -2.42. The third-order valence-electron chi connectivity index (χ3n) is 3.87. The molecule has 5 nitrogen and oxygen atoms in total. The molecule has 0 bridgehead atoms. The molecule has 0 aliphatic heterocycles. The Morgan fingerprint density at radius 1 is 1.59 bits per heavy atom. The van der Waals surface area contributed by atoms with Gasteiger partial charge in [-0.25, -0.2) is 0 Å². The minimum Gasteiger partial charge on any atom is -0.302 e. The summed E-state index contributed by atoms with van der Waals surface area (Å²) in [7, 11) is 6.11. The maximum absolute atomic E-state index is 5.72. The first-order chi connectivity index (χ1) is 7.93. The van der Waals surface area contributed by atoms with E-state index in [-0.39, 0.29) is 11.6 Å². The van der Waals surface area contributed by atoms with Crippen LogP contribution >= 0.6 is 0 Å². The van der Waals surface area contributed by atoms with E-state index >= 15 is 0 Å². The summed E-state index contributed by atoms with van der Waals surface area (Å²) in [5, 5.41) is 4.41. The first-order valence-electron chi connectivity index (χ1n) is 6.06. The summed E-state index contributed by atoms with van der Waals surface area (Å²) in [5.74, 6) is 5.72. The molecule has 2 atom stereocenters. The van der Waals surface area contributed by atoms with Gasteiger partial charge in [0, 0.05) is 31.2 Å². The van der Waals surface area contributed by atoms with Gasteiger partial charge in [-0.15, -0.1) is 0 Å². The molecule has 0 saturated heterocycles. The Labute approximate surface area is 104 Å². The molecule has 5 heteroatoms.